The summed E-state index contributed by atoms with van der Waals surface area (Å²) < 4.78 is 5.25. The third-order valence-corrected chi connectivity index (χ3v) is 4.75. The molecular weight excluding hydrogens is 337 g/mol. The minimum Gasteiger partial charge on any atom is -0.444 e. The predicted molar refractivity (Wildman–Crippen MR) is 91.2 cm³/mol. The molecule has 0 saturated heterocycles. The molecule has 0 unspecified atom stereocenters. The van der Waals surface area contributed by atoms with Gasteiger partial charge in [0.25, 0.3) is 0 Å². The van der Waals surface area contributed by atoms with Crippen LogP contribution >= 0.6 is 23.2 Å². The number of carbonyl (C=O) groups is 2. The lowest BCUT2D eigenvalue weighted by Gasteiger charge is -2.23. The molecule has 1 aromatic rings. The van der Waals surface area contributed by atoms with Gasteiger partial charge in [-0.05, 0) is 51.8 Å². The van der Waals surface area contributed by atoms with Crippen molar-refractivity contribution in [3.63, 3.8) is 0 Å². The van der Waals surface area contributed by atoms with E-state index in [9.17, 15) is 9.59 Å². The van der Waals surface area contributed by atoms with Gasteiger partial charge < -0.3 is 10.1 Å². The molecule has 1 fully saturated rings. The standard InChI is InChI=1S/C17H21Cl2NO3/c1-10(21)12-8-17(12,9-20-15(22)23-16(2,3)4)11-5-6-13(18)14(19)7-11/h5-7,12H,8-9H2,1-4H3,(H,20,22)/t12-,17+/m1/s1. The zero-order valence-corrected chi connectivity index (χ0v) is 15.2. The topological polar surface area (TPSA) is 55.4 Å². The minimum absolute atomic E-state index is 0.0991. The second kappa shape index (κ2) is 6.33. The summed E-state index contributed by atoms with van der Waals surface area (Å²) in [6.45, 7) is 7.30. The van der Waals surface area contributed by atoms with E-state index in [1.54, 1.807) is 39.8 Å². The molecule has 23 heavy (non-hydrogen) atoms. The Labute approximate surface area is 146 Å². The summed E-state index contributed by atoms with van der Waals surface area (Å²) in [4.78, 5) is 23.7. The highest BCUT2D eigenvalue weighted by atomic mass is 35.5. The third-order valence-electron chi connectivity index (χ3n) is 4.01. The van der Waals surface area contributed by atoms with E-state index in [2.05, 4.69) is 5.32 Å². The Morgan fingerprint density at radius 1 is 1.30 bits per heavy atom. The number of ether oxygens (including phenoxy) is 1. The Kier molecular flexibility index (Phi) is 4.97. The molecular formula is C17H21Cl2NO3. The lowest BCUT2D eigenvalue weighted by atomic mass is 9.92. The number of alkyl carbamates (subject to hydrolysis) is 1. The molecule has 0 radical (unpaired) electrons. The van der Waals surface area contributed by atoms with Crippen LogP contribution in [0.25, 0.3) is 0 Å². The lowest BCUT2D eigenvalue weighted by Crippen LogP contribution is -2.38. The second-order valence-corrected chi connectivity index (χ2v) is 7.82. The molecule has 2 rings (SSSR count). The lowest BCUT2D eigenvalue weighted by molar-refractivity contribution is -0.118. The number of Topliss-reactive ketones (excluding diaryl/α,β-unsaturated/α-hetero) is 1. The van der Waals surface area contributed by atoms with Crippen molar-refractivity contribution in [2.45, 2.75) is 45.1 Å². The fourth-order valence-electron chi connectivity index (χ4n) is 2.80. The number of ketones is 1. The van der Waals surface area contributed by atoms with Gasteiger partial charge in [0.15, 0.2) is 0 Å². The molecule has 0 aromatic heterocycles. The van der Waals surface area contributed by atoms with Gasteiger partial charge in [0.1, 0.15) is 11.4 Å². The summed E-state index contributed by atoms with van der Waals surface area (Å²) in [6, 6.07) is 5.33. The summed E-state index contributed by atoms with van der Waals surface area (Å²) in [5.41, 5.74) is -0.0930. The van der Waals surface area contributed by atoms with Crippen LogP contribution in [0.4, 0.5) is 4.79 Å². The van der Waals surface area contributed by atoms with E-state index >= 15 is 0 Å². The first-order valence-corrected chi connectivity index (χ1v) is 8.23. The maximum atomic E-state index is 11.9. The molecule has 0 heterocycles. The number of nitrogens with one attached hydrogen (secondary N) is 1. The van der Waals surface area contributed by atoms with Crippen molar-refractivity contribution in [1.82, 2.24) is 5.32 Å². The van der Waals surface area contributed by atoms with E-state index in [-0.39, 0.29) is 11.7 Å². The normalized spacial score (nSPS) is 23.3. The van der Waals surface area contributed by atoms with Crippen LogP contribution in [0.1, 0.15) is 39.7 Å². The van der Waals surface area contributed by atoms with Gasteiger partial charge in [0.05, 0.1) is 10.0 Å². The molecule has 6 heteroatoms. The zero-order chi connectivity index (χ0) is 17.4. The van der Waals surface area contributed by atoms with E-state index < -0.39 is 17.1 Å². The number of hydrogen-bond acceptors (Lipinski definition) is 3. The number of halogens is 2. The van der Waals surface area contributed by atoms with Crippen LogP contribution in [0.3, 0.4) is 0 Å². The van der Waals surface area contributed by atoms with Crippen LogP contribution in [0.5, 0.6) is 0 Å². The van der Waals surface area contributed by atoms with Gasteiger partial charge in [-0.3, -0.25) is 4.79 Å². The van der Waals surface area contributed by atoms with Gasteiger partial charge in [0, 0.05) is 17.9 Å². The van der Waals surface area contributed by atoms with Crippen molar-refractivity contribution in [2.24, 2.45) is 5.92 Å². The minimum atomic E-state index is -0.565. The van der Waals surface area contributed by atoms with Gasteiger partial charge in [-0.2, -0.15) is 0 Å². The van der Waals surface area contributed by atoms with Crippen LogP contribution in [-0.4, -0.2) is 24.0 Å². The Bertz CT molecular complexity index is 639. The van der Waals surface area contributed by atoms with Crippen molar-refractivity contribution in [2.75, 3.05) is 6.54 Å². The second-order valence-electron chi connectivity index (χ2n) is 7.01. The van der Waals surface area contributed by atoms with Crippen molar-refractivity contribution in [3.8, 4) is 0 Å². The Hall–Kier alpha value is -1.26. The fraction of sp³-hybridized carbons (Fsp3) is 0.529. The van der Waals surface area contributed by atoms with Crippen LogP contribution in [0, 0.1) is 5.92 Å². The number of amides is 1. The average molecular weight is 358 g/mol. The number of benzene rings is 1. The molecule has 1 aliphatic carbocycles. The highest BCUT2D eigenvalue weighted by molar-refractivity contribution is 6.42. The van der Waals surface area contributed by atoms with Gasteiger partial charge in [0.2, 0.25) is 0 Å². The van der Waals surface area contributed by atoms with Crippen molar-refractivity contribution in [1.29, 1.82) is 0 Å². The predicted octanol–water partition coefficient (Wildman–Crippen LogP) is 4.36. The summed E-state index contributed by atoms with van der Waals surface area (Å²) >= 11 is 12.1. The van der Waals surface area contributed by atoms with Crippen LogP contribution in [0.15, 0.2) is 18.2 Å². The molecule has 0 bridgehead atoms. The Morgan fingerprint density at radius 3 is 2.43 bits per heavy atom. The van der Waals surface area contributed by atoms with Crippen molar-refractivity contribution < 1.29 is 14.3 Å². The fourth-order valence-corrected chi connectivity index (χ4v) is 3.10. The van der Waals surface area contributed by atoms with Gasteiger partial charge in [-0.15, -0.1) is 0 Å². The average Bonchev–Trinajstić information content (AvgIpc) is 3.14. The maximum absolute atomic E-state index is 11.9. The monoisotopic (exact) mass is 357 g/mol. The van der Waals surface area contributed by atoms with E-state index in [4.69, 9.17) is 27.9 Å². The highest BCUT2D eigenvalue weighted by Crippen LogP contribution is 2.55. The maximum Gasteiger partial charge on any atom is 0.407 e. The highest BCUT2D eigenvalue weighted by Gasteiger charge is 2.57. The summed E-state index contributed by atoms with van der Waals surface area (Å²) in [5.74, 6) is -0.0308. The van der Waals surface area contributed by atoms with Crippen LogP contribution in [0.2, 0.25) is 10.0 Å². The SMILES string of the molecule is CC(=O)[C@H]1C[C@]1(CNC(=O)OC(C)(C)C)c1ccc(Cl)c(Cl)c1. The first-order valence-electron chi connectivity index (χ1n) is 7.48. The summed E-state index contributed by atoms with van der Waals surface area (Å²) in [6.07, 6.45) is 0.182. The first kappa shape index (κ1) is 18.1. The molecule has 0 aliphatic heterocycles. The van der Waals surface area contributed by atoms with Crippen molar-refractivity contribution >= 4 is 35.1 Å². The van der Waals surface area contributed by atoms with Crippen molar-refractivity contribution in [3.05, 3.63) is 33.8 Å². The molecule has 126 valence electrons. The van der Waals surface area contributed by atoms with E-state index in [1.165, 1.54) is 0 Å². The Balaban J connectivity index is 2.16. The quantitative estimate of drug-likeness (QED) is 0.870. The van der Waals surface area contributed by atoms with E-state index in [0.717, 1.165) is 5.56 Å². The largest absolute Gasteiger partial charge is 0.444 e. The zero-order valence-electron chi connectivity index (χ0n) is 13.7. The summed E-state index contributed by atoms with van der Waals surface area (Å²) in [5, 5.41) is 3.67. The smallest absolute Gasteiger partial charge is 0.407 e. The molecule has 1 saturated carbocycles. The van der Waals surface area contributed by atoms with Gasteiger partial charge in [-0.25, -0.2) is 4.79 Å². The first-order chi connectivity index (χ1) is 10.5. The molecule has 1 aromatic carbocycles. The summed E-state index contributed by atoms with van der Waals surface area (Å²) in [7, 11) is 0. The molecule has 2 atom stereocenters. The van der Waals surface area contributed by atoms with Crippen LogP contribution in [-0.2, 0) is 14.9 Å². The van der Waals surface area contributed by atoms with E-state index in [1.807, 2.05) is 6.07 Å². The van der Waals surface area contributed by atoms with Gasteiger partial charge in [-0.1, -0.05) is 29.3 Å². The Morgan fingerprint density at radius 2 is 1.96 bits per heavy atom. The number of hydrogen-bond donors (Lipinski definition) is 1. The van der Waals surface area contributed by atoms with E-state index in [0.29, 0.717) is 23.0 Å². The third kappa shape index (κ3) is 4.18. The molecule has 1 aliphatic rings. The molecule has 1 N–H and O–H groups in total. The van der Waals surface area contributed by atoms with Crippen LogP contribution < -0.4 is 5.32 Å². The number of carbonyl (C=O) groups excluding carboxylic acids is 2. The molecule has 0 spiro atoms. The molecule has 4 nitrogen and oxygen atoms in total. The molecule has 1 amide bonds. The number of rotatable bonds is 4. The van der Waals surface area contributed by atoms with Gasteiger partial charge >= 0.3 is 6.09 Å².